The highest BCUT2D eigenvalue weighted by Crippen LogP contribution is 2.33. The minimum Gasteiger partial charge on any atom is -0.330 e. The summed E-state index contributed by atoms with van der Waals surface area (Å²) in [6.45, 7) is 9.91. The molecule has 1 aromatic heterocycles. The SMILES string of the molecule is Cc1ccc(NC(=O)C2c3c(ncn3C(C)C)CCN2Cc2ccccc2)c(C)c1. The smallest absolute Gasteiger partial charge is 0.247 e. The van der Waals surface area contributed by atoms with Gasteiger partial charge < -0.3 is 9.88 Å². The van der Waals surface area contributed by atoms with Crippen LogP contribution in [-0.4, -0.2) is 26.9 Å². The van der Waals surface area contributed by atoms with Gasteiger partial charge in [-0.2, -0.15) is 0 Å². The zero-order valence-corrected chi connectivity index (χ0v) is 18.2. The topological polar surface area (TPSA) is 50.2 Å². The van der Waals surface area contributed by atoms with E-state index in [9.17, 15) is 4.79 Å². The van der Waals surface area contributed by atoms with Crippen molar-refractivity contribution in [3.63, 3.8) is 0 Å². The quantitative estimate of drug-likeness (QED) is 0.666. The molecule has 4 rings (SSSR count). The Balaban J connectivity index is 1.70. The fourth-order valence-corrected chi connectivity index (χ4v) is 4.30. The van der Waals surface area contributed by atoms with Crippen molar-refractivity contribution in [2.24, 2.45) is 0 Å². The molecular weight excluding hydrogens is 372 g/mol. The maximum Gasteiger partial charge on any atom is 0.247 e. The highest BCUT2D eigenvalue weighted by molar-refractivity contribution is 5.96. The van der Waals surface area contributed by atoms with Crippen LogP contribution < -0.4 is 5.32 Å². The first kappa shape index (κ1) is 20.4. The number of benzene rings is 2. The molecule has 1 aliphatic rings. The van der Waals surface area contributed by atoms with Gasteiger partial charge in [-0.05, 0) is 44.9 Å². The molecule has 0 bridgehead atoms. The molecule has 0 radical (unpaired) electrons. The number of carbonyl (C=O) groups is 1. The maximum atomic E-state index is 13.6. The normalized spacial score (nSPS) is 16.5. The van der Waals surface area contributed by atoms with Crippen molar-refractivity contribution >= 4 is 11.6 Å². The molecule has 1 aliphatic heterocycles. The van der Waals surface area contributed by atoms with Gasteiger partial charge in [-0.15, -0.1) is 0 Å². The second kappa shape index (κ2) is 8.44. The Hall–Kier alpha value is -2.92. The predicted octanol–water partition coefficient (Wildman–Crippen LogP) is 4.82. The number of fused-ring (bicyclic) bond motifs is 1. The number of carbonyl (C=O) groups excluding carboxylic acids is 1. The van der Waals surface area contributed by atoms with Crippen molar-refractivity contribution in [3.8, 4) is 0 Å². The molecule has 2 aromatic carbocycles. The number of nitrogens with zero attached hydrogens (tertiary/aromatic N) is 3. The average Bonchev–Trinajstić information content (AvgIpc) is 3.15. The number of imidazole rings is 1. The van der Waals surface area contributed by atoms with Gasteiger partial charge in [0.1, 0.15) is 6.04 Å². The van der Waals surface area contributed by atoms with Crippen molar-refractivity contribution in [1.29, 1.82) is 0 Å². The molecule has 5 heteroatoms. The van der Waals surface area contributed by atoms with E-state index in [2.05, 4.69) is 58.7 Å². The number of nitrogens with one attached hydrogen (secondary N) is 1. The van der Waals surface area contributed by atoms with Crippen LogP contribution in [-0.2, 0) is 17.8 Å². The standard InChI is InChI=1S/C25H30N4O/c1-17(2)29-16-26-22-12-13-28(15-20-8-6-5-7-9-20)24(23(22)29)25(30)27-21-11-10-18(3)14-19(21)4/h5-11,14,16-17,24H,12-13,15H2,1-4H3,(H,27,30). The minimum atomic E-state index is -0.375. The average molecular weight is 403 g/mol. The Morgan fingerprint density at radius 1 is 1.17 bits per heavy atom. The van der Waals surface area contributed by atoms with Gasteiger partial charge in [-0.3, -0.25) is 9.69 Å². The van der Waals surface area contributed by atoms with Gasteiger partial charge in [-0.1, -0.05) is 48.0 Å². The summed E-state index contributed by atoms with van der Waals surface area (Å²) in [7, 11) is 0. The maximum absolute atomic E-state index is 13.6. The molecule has 156 valence electrons. The Bertz CT molecular complexity index is 1040. The van der Waals surface area contributed by atoms with Crippen LogP contribution in [0.2, 0.25) is 0 Å². The molecule has 0 saturated heterocycles. The fraction of sp³-hybridized carbons (Fsp3) is 0.360. The Kier molecular flexibility index (Phi) is 5.73. The summed E-state index contributed by atoms with van der Waals surface area (Å²) in [5.74, 6) is 0.00114. The molecule has 0 spiro atoms. The summed E-state index contributed by atoms with van der Waals surface area (Å²) in [5.41, 5.74) is 6.40. The molecule has 0 aliphatic carbocycles. The largest absolute Gasteiger partial charge is 0.330 e. The van der Waals surface area contributed by atoms with Crippen molar-refractivity contribution < 1.29 is 4.79 Å². The van der Waals surface area contributed by atoms with Crippen LogP contribution >= 0.6 is 0 Å². The minimum absolute atomic E-state index is 0.00114. The Morgan fingerprint density at radius 2 is 1.93 bits per heavy atom. The monoisotopic (exact) mass is 402 g/mol. The molecule has 1 unspecified atom stereocenters. The second-order valence-corrected chi connectivity index (χ2v) is 8.49. The third-order valence-corrected chi connectivity index (χ3v) is 5.84. The van der Waals surface area contributed by atoms with E-state index in [1.165, 1.54) is 11.1 Å². The number of aryl methyl sites for hydroxylation is 2. The molecule has 0 fully saturated rings. The third kappa shape index (κ3) is 4.03. The number of aromatic nitrogens is 2. The van der Waals surface area contributed by atoms with Crippen molar-refractivity contribution in [2.45, 2.75) is 52.7 Å². The van der Waals surface area contributed by atoms with Crippen molar-refractivity contribution in [1.82, 2.24) is 14.5 Å². The zero-order valence-electron chi connectivity index (χ0n) is 18.2. The first-order chi connectivity index (χ1) is 14.4. The third-order valence-electron chi connectivity index (χ3n) is 5.84. The molecule has 30 heavy (non-hydrogen) atoms. The lowest BCUT2D eigenvalue weighted by Gasteiger charge is -2.36. The molecule has 1 N–H and O–H groups in total. The van der Waals surface area contributed by atoms with E-state index in [1.54, 1.807) is 0 Å². The van der Waals surface area contributed by atoms with Crippen LogP contribution in [0, 0.1) is 13.8 Å². The number of anilines is 1. The number of rotatable bonds is 5. The van der Waals surface area contributed by atoms with E-state index in [4.69, 9.17) is 0 Å². The van der Waals surface area contributed by atoms with Gasteiger partial charge >= 0.3 is 0 Å². The van der Waals surface area contributed by atoms with Crippen molar-refractivity contribution in [2.75, 3.05) is 11.9 Å². The van der Waals surface area contributed by atoms with Crippen LogP contribution in [0.25, 0.3) is 0 Å². The summed E-state index contributed by atoms with van der Waals surface area (Å²) < 4.78 is 2.15. The molecule has 1 amide bonds. The van der Waals surface area contributed by atoms with E-state index in [0.29, 0.717) is 0 Å². The van der Waals surface area contributed by atoms with Crippen LogP contribution in [0.15, 0.2) is 54.9 Å². The highest BCUT2D eigenvalue weighted by Gasteiger charge is 2.37. The van der Waals surface area contributed by atoms with E-state index >= 15 is 0 Å². The number of hydrogen-bond acceptors (Lipinski definition) is 3. The Labute approximate surface area is 178 Å². The lowest BCUT2D eigenvalue weighted by molar-refractivity contribution is -0.122. The van der Waals surface area contributed by atoms with Crippen LogP contribution in [0.1, 0.15) is 54.0 Å². The summed E-state index contributed by atoms with van der Waals surface area (Å²) >= 11 is 0. The van der Waals surface area contributed by atoms with Crippen molar-refractivity contribution in [3.05, 3.63) is 82.9 Å². The van der Waals surface area contributed by atoms with E-state index in [0.717, 1.165) is 42.1 Å². The molecular formula is C25H30N4O. The highest BCUT2D eigenvalue weighted by atomic mass is 16.2. The van der Waals surface area contributed by atoms with Gasteiger partial charge in [0, 0.05) is 31.2 Å². The van der Waals surface area contributed by atoms with E-state index in [-0.39, 0.29) is 18.0 Å². The number of hydrogen-bond donors (Lipinski definition) is 1. The molecule has 1 atom stereocenters. The van der Waals surface area contributed by atoms with Gasteiger partial charge in [0.2, 0.25) is 5.91 Å². The molecule has 0 saturated carbocycles. The Morgan fingerprint density at radius 3 is 2.63 bits per heavy atom. The summed E-state index contributed by atoms with van der Waals surface area (Å²) in [6.07, 6.45) is 2.74. The first-order valence-electron chi connectivity index (χ1n) is 10.7. The van der Waals surface area contributed by atoms with E-state index in [1.807, 2.05) is 43.6 Å². The lowest BCUT2D eigenvalue weighted by atomic mass is 9.99. The zero-order chi connectivity index (χ0) is 21.3. The number of amides is 1. The summed E-state index contributed by atoms with van der Waals surface area (Å²) in [6, 6.07) is 16.4. The van der Waals surface area contributed by atoms with E-state index < -0.39 is 0 Å². The lowest BCUT2D eigenvalue weighted by Crippen LogP contribution is -2.42. The summed E-state index contributed by atoms with van der Waals surface area (Å²) in [5, 5.41) is 3.20. The first-order valence-corrected chi connectivity index (χ1v) is 10.7. The fourth-order valence-electron chi connectivity index (χ4n) is 4.30. The van der Waals surface area contributed by atoms with Gasteiger partial charge in [0.05, 0.1) is 17.7 Å². The van der Waals surface area contributed by atoms with Gasteiger partial charge in [-0.25, -0.2) is 4.98 Å². The summed E-state index contributed by atoms with van der Waals surface area (Å²) in [4.78, 5) is 20.6. The van der Waals surface area contributed by atoms with Crippen LogP contribution in [0.3, 0.4) is 0 Å². The molecule has 5 nitrogen and oxygen atoms in total. The van der Waals surface area contributed by atoms with Gasteiger partial charge in [0.25, 0.3) is 0 Å². The molecule has 2 heterocycles. The van der Waals surface area contributed by atoms with Crippen LogP contribution in [0.5, 0.6) is 0 Å². The predicted molar refractivity (Wildman–Crippen MR) is 120 cm³/mol. The molecule has 3 aromatic rings. The second-order valence-electron chi connectivity index (χ2n) is 8.49. The van der Waals surface area contributed by atoms with Gasteiger partial charge in [0.15, 0.2) is 0 Å². The van der Waals surface area contributed by atoms with Crippen LogP contribution in [0.4, 0.5) is 5.69 Å².